The van der Waals surface area contributed by atoms with E-state index in [1.165, 1.54) is 0 Å². The van der Waals surface area contributed by atoms with Gasteiger partial charge in [0.25, 0.3) is 0 Å². The van der Waals surface area contributed by atoms with Crippen molar-refractivity contribution < 1.29 is 19.5 Å². The van der Waals surface area contributed by atoms with Gasteiger partial charge in [-0.25, -0.2) is 0 Å². The summed E-state index contributed by atoms with van der Waals surface area (Å²) >= 11 is 0. The highest BCUT2D eigenvalue weighted by atomic mass is 16.4. The Morgan fingerprint density at radius 2 is 1.84 bits per heavy atom. The number of Topliss-reactive ketones (excluding diaryl/α,β-unsaturated/α-hetero) is 1. The van der Waals surface area contributed by atoms with Crippen LogP contribution in [0.1, 0.15) is 55.3 Å². The number of ketones is 1. The van der Waals surface area contributed by atoms with Crippen LogP contribution in [-0.4, -0.2) is 40.8 Å². The van der Waals surface area contributed by atoms with Crippen molar-refractivity contribution in [3.05, 3.63) is 35.9 Å². The van der Waals surface area contributed by atoms with Crippen molar-refractivity contribution in [1.82, 2.24) is 4.90 Å². The first kappa shape index (κ1) is 17.6. The molecule has 1 aliphatic heterocycles. The second-order valence-corrected chi connectivity index (χ2v) is 7.44. The fourth-order valence-corrected chi connectivity index (χ4v) is 3.79. The van der Waals surface area contributed by atoms with Crippen LogP contribution in [0.2, 0.25) is 0 Å². The molecule has 1 atom stereocenters. The van der Waals surface area contributed by atoms with Gasteiger partial charge in [-0.2, -0.15) is 0 Å². The molecule has 0 bridgehead atoms. The molecule has 1 unspecified atom stereocenters. The summed E-state index contributed by atoms with van der Waals surface area (Å²) in [7, 11) is 0. The third-order valence-electron chi connectivity index (χ3n) is 5.42. The standard InChI is InChI=1S/C20H25NO4/c22-17(16-5-2-1-3-6-16)9-10-18(23)21-12-4-11-20(14-21,19(24)25)13-15-7-8-15/h1-3,5-6,15H,4,7-14H2,(H,24,25). The fraction of sp³-hybridized carbons (Fsp3) is 0.550. The smallest absolute Gasteiger partial charge is 0.311 e. The van der Waals surface area contributed by atoms with Gasteiger partial charge in [-0.3, -0.25) is 14.4 Å². The van der Waals surface area contributed by atoms with E-state index < -0.39 is 11.4 Å². The summed E-state index contributed by atoms with van der Waals surface area (Å²) in [5.41, 5.74) is -0.180. The minimum Gasteiger partial charge on any atom is -0.481 e. The van der Waals surface area contributed by atoms with Crippen LogP contribution < -0.4 is 0 Å². The third-order valence-corrected chi connectivity index (χ3v) is 5.42. The first-order chi connectivity index (χ1) is 12.0. The van der Waals surface area contributed by atoms with E-state index in [0.717, 1.165) is 19.3 Å². The van der Waals surface area contributed by atoms with Crippen LogP contribution in [0.4, 0.5) is 0 Å². The van der Waals surface area contributed by atoms with Gasteiger partial charge in [0, 0.05) is 31.5 Å². The van der Waals surface area contributed by atoms with Crippen LogP contribution in [0, 0.1) is 11.3 Å². The van der Waals surface area contributed by atoms with Gasteiger partial charge in [0.2, 0.25) is 5.91 Å². The van der Waals surface area contributed by atoms with Gasteiger partial charge >= 0.3 is 5.97 Å². The molecule has 0 radical (unpaired) electrons. The van der Waals surface area contributed by atoms with Crippen LogP contribution in [-0.2, 0) is 9.59 Å². The minimum atomic E-state index is -0.793. The molecule has 134 valence electrons. The average molecular weight is 343 g/mol. The van der Waals surface area contributed by atoms with Gasteiger partial charge in [0.1, 0.15) is 0 Å². The maximum Gasteiger partial charge on any atom is 0.311 e. The third kappa shape index (κ3) is 4.27. The molecule has 0 spiro atoms. The predicted molar refractivity (Wildman–Crippen MR) is 93.2 cm³/mol. The topological polar surface area (TPSA) is 74.7 Å². The lowest BCUT2D eigenvalue weighted by atomic mass is 9.75. The number of nitrogens with zero attached hydrogens (tertiary/aromatic N) is 1. The zero-order valence-electron chi connectivity index (χ0n) is 14.4. The zero-order chi connectivity index (χ0) is 17.9. The first-order valence-corrected chi connectivity index (χ1v) is 9.10. The summed E-state index contributed by atoms with van der Waals surface area (Å²) < 4.78 is 0. The average Bonchev–Trinajstić information content (AvgIpc) is 3.44. The Labute approximate surface area is 148 Å². The highest BCUT2D eigenvalue weighted by Gasteiger charge is 2.46. The number of hydrogen-bond acceptors (Lipinski definition) is 3. The fourth-order valence-electron chi connectivity index (χ4n) is 3.79. The number of carboxylic acids is 1. The van der Waals surface area contributed by atoms with E-state index >= 15 is 0 Å². The number of amides is 1. The predicted octanol–water partition coefficient (Wildman–Crippen LogP) is 3.14. The Morgan fingerprint density at radius 1 is 1.12 bits per heavy atom. The Hall–Kier alpha value is -2.17. The van der Waals surface area contributed by atoms with Crippen molar-refractivity contribution in [3.8, 4) is 0 Å². The van der Waals surface area contributed by atoms with E-state index in [1.54, 1.807) is 29.2 Å². The molecule has 5 nitrogen and oxygen atoms in total. The molecule has 1 heterocycles. The number of aliphatic carboxylic acids is 1. The molecule has 5 heteroatoms. The molecular weight excluding hydrogens is 318 g/mol. The van der Waals surface area contributed by atoms with Gasteiger partial charge in [-0.05, 0) is 25.2 Å². The molecule has 1 saturated carbocycles. The highest BCUT2D eigenvalue weighted by molar-refractivity contribution is 5.97. The molecule has 1 aromatic carbocycles. The van der Waals surface area contributed by atoms with Crippen LogP contribution in [0.15, 0.2) is 30.3 Å². The second kappa shape index (κ2) is 7.38. The van der Waals surface area contributed by atoms with Gasteiger partial charge in [0.05, 0.1) is 5.41 Å². The Morgan fingerprint density at radius 3 is 2.48 bits per heavy atom. The molecule has 0 aromatic heterocycles. The largest absolute Gasteiger partial charge is 0.481 e. The number of rotatable bonds is 7. The quantitative estimate of drug-likeness (QED) is 0.772. The van der Waals surface area contributed by atoms with E-state index in [0.29, 0.717) is 30.9 Å². The van der Waals surface area contributed by atoms with Crippen molar-refractivity contribution in [2.45, 2.75) is 44.9 Å². The first-order valence-electron chi connectivity index (χ1n) is 9.10. The summed E-state index contributed by atoms with van der Waals surface area (Å²) in [6.45, 7) is 0.884. The van der Waals surface area contributed by atoms with E-state index in [4.69, 9.17) is 0 Å². The van der Waals surface area contributed by atoms with Gasteiger partial charge < -0.3 is 10.0 Å². The maximum atomic E-state index is 12.5. The number of carbonyl (C=O) groups is 3. The molecule has 1 amide bonds. The highest BCUT2D eigenvalue weighted by Crippen LogP contribution is 2.45. The molecule has 1 N–H and O–H groups in total. The number of likely N-dealkylation sites (tertiary alicyclic amines) is 1. The lowest BCUT2D eigenvalue weighted by molar-refractivity contribution is -0.156. The molecule has 1 aromatic rings. The summed E-state index contributed by atoms with van der Waals surface area (Å²) in [4.78, 5) is 38.2. The van der Waals surface area contributed by atoms with E-state index in [-0.39, 0.29) is 31.1 Å². The normalized spacial score (nSPS) is 23.3. The van der Waals surface area contributed by atoms with Gasteiger partial charge in [-0.15, -0.1) is 0 Å². The Kier molecular flexibility index (Phi) is 5.21. The van der Waals surface area contributed by atoms with Crippen LogP contribution >= 0.6 is 0 Å². The summed E-state index contributed by atoms with van der Waals surface area (Å²) in [5, 5.41) is 9.74. The van der Waals surface area contributed by atoms with E-state index in [9.17, 15) is 19.5 Å². The Bertz CT molecular complexity index is 653. The Balaban J connectivity index is 1.58. The van der Waals surface area contributed by atoms with Crippen molar-refractivity contribution in [2.75, 3.05) is 13.1 Å². The molecule has 3 rings (SSSR count). The molecule has 2 fully saturated rings. The summed E-state index contributed by atoms with van der Waals surface area (Å²) in [6.07, 6.45) is 4.57. The van der Waals surface area contributed by atoms with Crippen molar-refractivity contribution in [2.24, 2.45) is 11.3 Å². The van der Waals surface area contributed by atoms with E-state index in [1.807, 2.05) is 6.07 Å². The van der Waals surface area contributed by atoms with Gasteiger partial charge in [-0.1, -0.05) is 43.2 Å². The maximum absolute atomic E-state index is 12.5. The molecule has 1 aliphatic carbocycles. The van der Waals surface area contributed by atoms with Crippen LogP contribution in [0.25, 0.3) is 0 Å². The molecule has 1 saturated heterocycles. The van der Waals surface area contributed by atoms with E-state index in [2.05, 4.69) is 0 Å². The van der Waals surface area contributed by atoms with Crippen molar-refractivity contribution in [3.63, 3.8) is 0 Å². The molecular formula is C20H25NO4. The number of piperidine rings is 1. The van der Waals surface area contributed by atoms with Gasteiger partial charge in [0.15, 0.2) is 5.78 Å². The minimum absolute atomic E-state index is 0.0477. The SMILES string of the molecule is O=C(CCC(=O)N1CCCC(CC2CC2)(C(=O)O)C1)c1ccccc1. The lowest BCUT2D eigenvalue weighted by Gasteiger charge is -2.40. The molecule has 25 heavy (non-hydrogen) atoms. The van der Waals surface area contributed by atoms with Crippen LogP contribution in [0.3, 0.4) is 0 Å². The second-order valence-electron chi connectivity index (χ2n) is 7.44. The van der Waals surface area contributed by atoms with Crippen molar-refractivity contribution in [1.29, 1.82) is 0 Å². The summed E-state index contributed by atoms with van der Waals surface area (Å²) in [5.74, 6) is -0.429. The van der Waals surface area contributed by atoms with Crippen molar-refractivity contribution >= 4 is 17.7 Å². The number of carboxylic acid groups (broad SMARTS) is 1. The molecule has 2 aliphatic rings. The number of hydrogen-bond donors (Lipinski definition) is 1. The number of benzene rings is 1. The summed E-state index contributed by atoms with van der Waals surface area (Å²) in [6, 6.07) is 8.95. The lowest BCUT2D eigenvalue weighted by Crippen LogP contribution is -2.50. The van der Waals surface area contributed by atoms with Crippen LogP contribution in [0.5, 0.6) is 0 Å². The number of carbonyl (C=O) groups excluding carboxylic acids is 2. The zero-order valence-corrected chi connectivity index (χ0v) is 14.4. The monoisotopic (exact) mass is 343 g/mol.